The second-order valence-corrected chi connectivity index (χ2v) is 5.73. The van der Waals surface area contributed by atoms with Gasteiger partial charge in [0.15, 0.2) is 0 Å². The summed E-state index contributed by atoms with van der Waals surface area (Å²) < 4.78 is 5.67. The van der Waals surface area contributed by atoms with Crippen LogP contribution < -0.4 is 10.1 Å². The molecule has 0 aliphatic carbocycles. The summed E-state index contributed by atoms with van der Waals surface area (Å²) >= 11 is 0. The van der Waals surface area contributed by atoms with Gasteiger partial charge in [-0.1, -0.05) is 32.0 Å². The van der Waals surface area contributed by atoms with Crippen molar-refractivity contribution in [2.45, 2.75) is 39.8 Å². The molecular weight excluding hydrogens is 226 g/mol. The van der Waals surface area contributed by atoms with Crippen LogP contribution in [0.2, 0.25) is 0 Å². The van der Waals surface area contributed by atoms with E-state index in [4.69, 9.17) is 4.74 Å². The lowest BCUT2D eigenvalue weighted by Gasteiger charge is -2.19. The predicted octanol–water partition coefficient (Wildman–Crippen LogP) is 2.58. The SMILES string of the molecule is CC(C)CNCc1ccccc1OCC(C)(C)O. The van der Waals surface area contributed by atoms with Gasteiger partial charge in [0.1, 0.15) is 12.4 Å². The number of aliphatic hydroxyl groups is 1. The topological polar surface area (TPSA) is 41.5 Å². The molecule has 0 aliphatic rings. The molecule has 1 rings (SSSR count). The first kappa shape index (κ1) is 15.0. The fourth-order valence-electron chi connectivity index (χ4n) is 1.54. The molecule has 3 nitrogen and oxygen atoms in total. The van der Waals surface area contributed by atoms with Crippen LogP contribution in [0.5, 0.6) is 5.75 Å². The molecule has 0 aliphatic heterocycles. The molecule has 1 aromatic carbocycles. The van der Waals surface area contributed by atoms with Crippen molar-refractivity contribution in [3.63, 3.8) is 0 Å². The number of para-hydroxylation sites is 1. The third-order valence-electron chi connectivity index (χ3n) is 2.42. The highest BCUT2D eigenvalue weighted by Gasteiger charge is 2.14. The van der Waals surface area contributed by atoms with E-state index in [1.54, 1.807) is 13.8 Å². The Morgan fingerprint density at radius 1 is 1.28 bits per heavy atom. The van der Waals surface area contributed by atoms with Gasteiger partial charge in [0.05, 0.1) is 5.60 Å². The van der Waals surface area contributed by atoms with Gasteiger partial charge in [0.2, 0.25) is 0 Å². The second-order valence-electron chi connectivity index (χ2n) is 5.73. The third kappa shape index (κ3) is 6.03. The van der Waals surface area contributed by atoms with Crippen molar-refractivity contribution in [3.05, 3.63) is 29.8 Å². The zero-order chi connectivity index (χ0) is 13.6. The number of hydrogen-bond acceptors (Lipinski definition) is 3. The second kappa shape index (κ2) is 6.76. The molecule has 3 heteroatoms. The molecular formula is C15H25NO2. The van der Waals surface area contributed by atoms with Gasteiger partial charge in [-0.3, -0.25) is 0 Å². The molecule has 0 radical (unpaired) electrons. The summed E-state index contributed by atoms with van der Waals surface area (Å²) in [5.74, 6) is 1.48. The van der Waals surface area contributed by atoms with Crippen LogP contribution in [0.1, 0.15) is 33.3 Å². The van der Waals surface area contributed by atoms with Crippen LogP contribution in [0.25, 0.3) is 0 Å². The van der Waals surface area contributed by atoms with Gasteiger partial charge in [-0.2, -0.15) is 0 Å². The Kier molecular flexibility index (Phi) is 5.63. The van der Waals surface area contributed by atoms with Crippen LogP contribution in [0.4, 0.5) is 0 Å². The van der Waals surface area contributed by atoms with Gasteiger partial charge < -0.3 is 15.2 Å². The van der Waals surface area contributed by atoms with E-state index < -0.39 is 5.60 Å². The van der Waals surface area contributed by atoms with E-state index in [0.29, 0.717) is 12.5 Å². The zero-order valence-electron chi connectivity index (χ0n) is 11.9. The van der Waals surface area contributed by atoms with E-state index in [1.165, 1.54) is 0 Å². The van der Waals surface area contributed by atoms with Crippen LogP contribution in [0.3, 0.4) is 0 Å². The molecule has 0 amide bonds. The molecule has 1 aromatic rings. The number of hydrogen-bond donors (Lipinski definition) is 2. The Morgan fingerprint density at radius 2 is 1.94 bits per heavy atom. The Balaban J connectivity index is 2.56. The molecule has 0 saturated heterocycles. The first-order chi connectivity index (χ1) is 8.38. The van der Waals surface area contributed by atoms with Crippen molar-refractivity contribution in [2.75, 3.05) is 13.2 Å². The number of nitrogens with one attached hydrogen (secondary N) is 1. The smallest absolute Gasteiger partial charge is 0.123 e. The lowest BCUT2D eigenvalue weighted by molar-refractivity contribution is 0.0281. The predicted molar refractivity (Wildman–Crippen MR) is 74.8 cm³/mol. The summed E-state index contributed by atoms with van der Waals surface area (Å²) in [7, 11) is 0. The molecule has 0 unspecified atom stereocenters. The minimum Gasteiger partial charge on any atom is -0.490 e. The molecule has 0 aromatic heterocycles. The largest absolute Gasteiger partial charge is 0.490 e. The fourth-order valence-corrected chi connectivity index (χ4v) is 1.54. The third-order valence-corrected chi connectivity index (χ3v) is 2.42. The van der Waals surface area contributed by atoms with Gasteiger partial charge in [0.25, 0.3) is 0 Å². The summed E-state index contributed by atoms with van der Waals surface area (Å²) in [4.78, 5) is 0. The van der Waals surface area contributed by atoms with Gasteiger partial charge >= 0.3 is 0 Å². The van der Waals surface area contributed by atoms with Crippen molar-refractivity contribution in [1.82, 2.24) is 5.32 Å². The van der Waals surface area contributed by atoms with Crippen LogP contribution in [0.15, 0.2) is 24.3 Å². The van der Waals surface area contributed by atoms with Crippen molar-refractivity contribution in [1.29, 1.82) is 0 Å². The summed E-state index contributed by atoms with van der Waals surface area (Å²) in [6, 6.07) is 7.94. The minimum atomic E-state index is -0.807. The van der Waals surface area contributed by atoms with E-state index in [1.807, 2.05) is 24.3 Å². The highest BCUT2D eigenvalue weighted by Crippen LogP contribution is 2.19. The van der Waals surface area contributed by atoms with Gasteiger partial charge in [-0.25, -0.2) is 0 Å². The fraction of sp³-hybridized carbons (Fsp3) is 0.600. The molecule has 0 spiro atoms. The first-order valence-electron chi connectivity index (χ1n) is 6.52. The maximum absolute atomic E-state index is 9.68. The van der Waals surface area contributed by atoms with E-state index in [9.17, 15) is 5.11 Å². The van der Waals surface area contributed by atoms with E-state index >= 15 is 0 Å². The lowest BCUT2D eigenvalue weighted by atomic mass is 10.1. The van der Waals surface area contributed by atoms with Crippen LogP contribution in [0, 0.1) is 5.92 Å². The highest BCUT2D eigenvalue weighted by molar-refractivity contribution is 5.33. The molecule has 0 bridgehead atoms. The lowest BCUT2D eigenvalue weighted by Crippen LogP contribution is -2.28. The normalized spacial score (nSPS) is 11.9. The Morgan fingerprint density at radius 3 is 2.56 bits per heavy atom. The Bertz CT molecular complexity index is 356. The Labute approximate surface area is 110 Å². The summed E-state index contributed by atoms with van der Waals surface area (Å²) in [5.41, 5.74) is 0.320. The van der Waals surface area contributed by atoms with Gasteiger partial charge in [-0.15, -0.1) is 0 Å². The van der Waals surface area contributed by atoms with Crippen molar-refractivity contribution in [2.24, 2.45) is 5.92 Å². The van der Waals surface area contributed by atoms with Crippen molar-refractivity contribution in [3.8, 4) is 5.75 Å². The van der Waals surface area contributed by atoms with Crippen LogP contribution in [-0.4, -0.2) is 23.9 Å². The van der Waals surface area contributed by atoms with Crippen LogP contribution in [-0.2, 0) is 6.54 Å². The van der Waals surface area contributed by atoms with Crippen LogP contribution >= 0.6 is 0 Å². The summed E-state index contributed by atoms with van der Waals surface area (Å²) in [5, 5.41) is 13.1. The Hall–Kier alpha value is -1.06. The molecule has 18 heavy (non-hydrogen) atoms. The highest BCUT2D eigenvalue weighted by atomic mass is 16.5. The summed E-state index contributed by atoms with van der Waals surface area (Å²) in [6.07, 6.45) is 0. The van der Waals surface area contributed by atoms with Crippen molar-refractivity contribution >= 4 is 0 Å². The molecule has 0 heterocycles. The van der Waals surface area contributed by atoms with Crippen molar-refractivity contribution < 1.29 is 9.84 Å². The molecule has 0 atom stereocenters. The number of rotatable bonds is 7. The van der Waals surface area contributed by atoms with E-state index in [-0.39, 0.29) is 0 Å². The minimum absolute atomic E-state index is 0.300. The number of benzene rings is 1. The monoisotopic (exact) mass is 251 g/mol. The van der Waals surface area contributed by atoms with E-state index in [0.717, 1.165) is 24.4 Å². The average molecular weight is 251 g/mol. The maximum atomic E-state index is 9.68. The standard InChI is InChI=1S/C15H25NO2/c1-12(2)9-16-10-13-7-5-6-8-14(13)18-11-15(3,4)17/h5-8,12,16-17H,9-11H2,1-4H3. The maximum Gasteiger partial charge on any atom is 0.123 e. The zero-order valence-corrected chi connectivity index (χ0v) is 11.9. The summed E-state index contributed by atoms with van der Waals surface area (Å²) in [6.45, 7) is 9.93. The van der Waals surface area contributed by atoms with Gasteiger partial charge in [-0.05, 0) is 32.4 Å². The number of ether oxygens (including phenoxy) is 1. The molecule has 0 saturated carbocycles. The quantitative estimate of drug-likeness (QED) is 0.782. The average Bonchev–Trinajstić information content (AvgIpc) is 2.26. The molecule has 102 valence electrons. The molecule has 0 fully saturated rings. The van der Waals surface area contributed by atoms with E-state index in [2.05, 4.69) is 19.2 Å². The molecule has 2 N–H and O–H groups in total. The van der Waals surface area contributed by atoms with Gasteiger partial charge in [0, 0.05) is 12.1 Å². The first-order valence-corrected chi connectivity index (χ1v) is 6.52.